The number of hydrogen-bond acceptors (Lipinski definition) is 2. The van der Waals surface area contributed by atoms with Gasteiger partial charge in [-0.1, -0.05) is 24.3 Å². The third-order valence-electron chi connectivity index (χ3n) is 4.25. The lowest BCUT2D eigenvalue weighted by atomic mass is 9.86. The fraction of sp³-hybridized carbons (Fsp3) is 0.368. The summed E-state index contributed by atoms with van der Waals surface area (Å²) in [6.07, 6.45) is 0.290. The number of likely N-dealkylation sites (N-methyl/N-ethyl adjacent to an activating group) is 1. The van der Waals surface area contributed by atoms with Crippen LogP contribution >= 0.6 is 0 Å². The third-order valence-corrected chi connectivity index (χ3v) is 4.25. The number of halogens is 2. The van der Waals surface area contributed by atoms with Gasteiger partial charge in [-0.05, 0) is 49.1 Å². The Morgan fingerprint density at radius 3 is 2.04 bits per heavy atom. The summed E-state index contributed by atoms with van der Waals surface area (Å²) in [6.45, 7) is 4.61. The normalized spacial score (nSPS) is 12.7. The molecular weight excluding hydrogens is 296 g/mol. The Kier molecular flexibility index (Phi) is 5.85. The Hall–Kier alpha value is -1.78. The molecule has 124 valence electrons. The zero-order valence-electron chi connectivity index (χ0n) is 14.1. The topological polar surface area (TPSA) is 12.5 Å². The minimum atomic E-state index is -0.499. The van der Waals surface area contributed by atoms with Crippen LogP contribution in [-0.4, -0.2) is 25.8 Å². The molecule has 0 saturated heterocycles. The molecule has 23 heavy (non-hydrogen) atoms. The minimum Gasteiger partial charge on any atom is -0.303 e. The molecule has 1 atom stereocenters. The second kappa shape index (κ2) is 7.66. The van der Waals surface area contributed by atoms with Gasteiger partial charge >= 0.3 is 0 Å². The Balaban J connectivity index is 2.43. The van der Waals surface area contributed by atoms with Gasteiger partial charge in [-0.15, -0.1) is 0 Å². The monoisotopic (exact) mass is 319 g/mol. The Bertz CT molecular complexity index is 632. The van der Waals surface area contributed by atoms with Gasteiger partial charge in [0.1, 0.15) is 11.6 Å². The number of hydrogen-bond donors (Lipinski definition) is 0. The van der Waals surface area contributed by atoms with E-state index in [1.54, 1.807) is 12.2 Å². The second-order valence-electron chi connectivity index (χ2n) is 5.90. The number of benzene rings is 2. The highest BCUT2D eigenvalue weighted by atomic mass is 19.1. The van der Waals surface area contributed by atoms with Crippen molar-refractivity contribution in [2.45, 2.75) is 26.2 Å². The summed E-state index contributed by atoms with van der Waals surface area (Å²) in [4.78, 5) is 5.23. The predicted octanol–water partition coefficient (Wildman–Crippen LogP) is 4.40. The van der Waals surface area contributed by atoms with Crippen molar-refractivity contribution in [1.29, 1.82) is 0 Å². The molecule has 0 aliphatic heterocycles. The lowest BCUT2D eigenvalue weighted by Crippen LogP contribution is -2.26. The maximum atomic E-state index is 14.1. The smallest absolute Gasteiger partial charge is 0.129 e. The van der Waals surface area contributed by atoms with Crippen molar-refractivity contribution in [3.8, 4) is 0 Å². The van der Waals surface area contributed by atoms with Crippen molar-refractivity contribution in [3.05, 3.63) is 70.3 Å². The fourth-order valence-electron chi connectivity index (χ4n) is 3.09. The SMILES string of the molecule is CON(C)CC(Cc1c(F)cccc1F)c1c(C)cccc1C. The Labute approximate surface area is 136 Å². The summed E-state index contributed by atoms with van der Waals surface area (Å²) < 4.78 is 28.1. The van der Waals surface area contributed by atoms with Gasteiger partial charge in [0.2, 0.25) is 0 Å². The molecule has 0 amide bonds. The van der Waals surface area contributed by atoms with Crippen LogP contribution in [0.1, 0.15) is 28.2 Å². The van der Waals surface area contributed by atoms with Crippen molar-refractivity contribution in [1.82, 2.24) is 5.06 Å². The highest BCUT2D eigenvalue weighted by Gasteiger charge is 2.22. The maximum Gasteiger partial charge on any atom is 0.129 e. The standard InChI is InChI=1S/C19H23F2NO/c1-13-7-5-8-14(2)19(13)15(12-22(3)23-4)11-16-17(20)9-6-10-18(16)21/h5-10,15H,11-12H2,1-4H3. The Morgan fingerprint density at radius 1 is 1.00 bits per heavy atom. The van der Waals surface area contributed by atoms with E-state index >= 15 is 0 Å². The van der Waals surface area contributed by atoms with E-state index in [9.17, 15) is 8.78 Å². The lowest BCUT2D eigenvalue weighted by Gasteiger charge is -2.26. The van der Waals surface area contributed by atoms with E-state index in [2.05, 4.69) is 0 Å². The summed E-state index contributed by atoms with van der Waals surface area (Å²) in [7, 11) is 3.41. The molecule has 0 spiro atoms. The summed E-state index contributed by atoms with van der Waals surface area (Å²) in [5.41, 5.74) is 3.50. The van der Waals surface area contributed by atoms with Crippen molar-refractivity contribution in [3.63, 3.8) is 0 Å². The first-order valence-electron chi connectivity index (χ1n) is 7.68. The molecule has 0 aromatic heterocycles. The molecule has 0 saturated carbocycles. The van der Waals surface area contributed by atoms with E-state index in [0.717, 1.165) is 16.7 Å². The zero-order valence-corrected chi connectivity index (χ0v) is 14.1. The summed E-state index contributed by atoms with van der Waals surface area (Å²) in [6, 6.07) is 10.1. The summed E-state index contributed by atoms with van der Waals surface area (Å²) >= 11 is 0. The van der Waals surface area contributed by atoms with Crippen LogP contribution in [0.2, 0.25) is 0 Å². The predicted molar refractivity (Wildman–Crippen MR) is 88.4 cm³/mol. The first-order chi connectivity index (χ1) is 10.9. The molecule has 0 heterocycles. The van der Waals surface area contributed by atoms with Crippen molar-refractivity contribution in [2.75, 3.05) is 20.7 Å². The van der Waals surface area contributed by atoms with Crippen molar-refractivity contribution >= 4 is 0 Å². The minimum absolute atomic E-state index is 0.0625. The van der Waals surface area contributed by atoms with Crippen LogP contribution in [0.4, 0.5) is 8.78 Å². The highest BCUT2D eigenvalue weighted by Crippen LogP contribution is 2.29. The molecule has 2 rings (SSSR count). The van der Waals surface area contributed by atoms with E-state index in [1.165, 1.54) is 18.2 Å². The average Bonchev–Trinajstić information content (AvgIpc) is 2.50. The fourth-order valence-corrected chi connectivity index (χ4v) is 3.09. The number of nitrogens with zero attached hydrogens (tertiary/aromatic N) is 1. The van der Waals surface area contributed by atoms with Gasteiger partial charge in [-0.2, -0.15) is 5.06 Å². The molecule has 0 N–H and O–H groups in total. The summed E-state index contributed by atoms with van der Waals surface area (Å²) in [5, 5.41) is 1.69. The van der Waals surface area contributed by atoms with Crippen molar-refractivity contribution in [2.24, 2.45) is 0 Å². The van der Waals surface area contributed by atoms with Crippen LogP contribution in [0.15, 0.2) is 36.4 Å². The van der Waals surface area contributed by atoms with E-state index < -0.39 is 11.6 Å². The average molecular weight is 319 g/mol. The molecule has 0 radical (unpaired) electrons. The van der Waals surface area contributed by atoms with Gasteiger partial charge in [0, 0.05) is 25.1 Å². The van der Waals surface area contributed by atoms with E-state index in [1.807, 2.05) is 39.1 Å². The first-order valence-corrected chi connectivity index (χ1v) is 7.68. The lowest BCUT2D eigenvalue weighted by molar-refractivity contribution is -0.112. The van der Waals surface area contributed by atoms with Crippen molar-refractivity contribution < 1.29 is 13.6 Å². The van der Waals surface area contributed by atoms with Crippen LogP contribution in [0, 0.1) is 25.5 Å². The molecule has 0 aliphatic carbocycles. The first kappa shape index (κ1) is 17.6. The molecule has 0 aliphatic rings. The van der Waals surface area contributed by atoms with Crippen LogP contribution in [0.25, 0.3) is 0 Å². The molecule has 4 heteroatoms. The number of hydroxylamine groups is 2. The molecule has 2 aromatic rings. The van der Waals surface area contributed by atoms with E-state index in [-0.39, 0.29) is 17.9 Å². The molecular formula is C19H23F2NO. The summed E-state index contributed by atoms with van der Waals surface area (Å²) in [5.74, 6) is -1.06. The molecule has 2 aromatic carbocycles. The quantitative estimate of drug-likeness (QED) is 0.732. The maximum absolute atomic E-state index is 14.1. The molecule has 0 bridgehead atoms. The van der Waals surface area contributed by atoms with Crippen LogP contribution in [0.5, 0.6) is 0 Å². The number of rotatable bonds is 6. The third kappa shape index (κ3) is 4.15. The molecule has 0 fully saturated rings. The van der Waals surface area contributed by atoms with Crippen LogP contribution in [0.3, 0.4) is 0 Å². The zero-order chi connectivity index (χ0) is 17.0. The molecule has 1 unspecified atom stereocenters. The molecule has 2 nitrogen and oxygen atoms in total. The van der Waals surface area contributed by atoms with Gasteiger partial charge in [-0.3, -0.25) is 0 Å². The Morgan fingerprint density at radius 2 is 1.52 bits per heavy atom. The van der Waals surface area contributed by atoms with E-state index in [4.69, 9.17) is 4.84 Å². The second-order valence-corrected chi connectivity index (χ2v) is 5.90. The van der Waals surface area contributed by atoms with Gasteiger partial charge < -0.3 is 4.84 Å². The van der Waals surface area contributed by atoms with Gasteiger partial charge in [0.25, 0.3) is 0 Å². The van der Waals surface area contributed by atoms with Gasteiger partial charge in [0.15, 0.2) is 0 Å². The van der Waals surface area contributed by atoms with Gasteiger partial charge in [0.05, 0.1) is 7.11 Å². The van der Waals surface area contributed by atoms with Gasteiger partial charge in [-0.25, -0.2) is 8.78 Å². The largest absolute Gasteiger partial charge is 0.303 e. The van der Waals surface area contributed by atoms with Crippen LogP contribution < -0.4 is 0 Å². The van der Waals surface area contributed by atoms with Crippen LogP contribution in [-0.2, 0) is 11.3 Å². The van der Waals surface area contributed by atoms with E-state index in [0.29, 0.717) is 6.54 Å². The number of aryl methyl sites for hydroxylation is 2. The highest BCUT2D eigenvalue weighted by molar-refractivity contribution is 5.38.